The van der Waals surface area contributed by atoms with Gasteiger partial charge >= 0.3 is 0 Å². The van der Waals surface area contributed by atoms with E-state index in [4.69, 9.17) is 0 Å². The average molecular weight is 495 g/mol. The SMILES string of the molecule is Cc1ccccc1CN1CCC(CNC(=O)c2c(C)ccn(C3CCNCC3)c2=O)C1.Cl.Cl. The lowest BCUT2D eigenvalue weighted by molar-refractivity contribution is 0.0944. The summed E-state index contributed by atoms with van der Waals surface area (Å²) in [6, 6.07) is 10.6. The summed E-state index contributed by atoms with van der Waals surface area (Å²) in [7, 11) is 0. The predicted molar refractivity (Wildman–Crippen MR) is 138 cm³/mol. The Morgan fingerprint density at radius 1 is 1.06 bits per heavy atom. The molecule has 1 atom stereocenters. The largest absolute Gasteiger partial charge is 0.352 e. The second-order valence-corrected chi connectivity index (χ2v) is 9.09. The molecule has 2 saturated heterocycles. The quantitative estimate of drug-likeness (QED) is 0.644. The van der Waals surface area contributed by atoms with Crippen molar-refractivity contribution in [1.29, 1.82) is 0 Å². The first-order chi connectivity index (χ1) is 15.0. The number of pyridine rings is 1. The van der Waals surface area contributed by atoms with Gasteiger partial charge in [-0.05, 0) is 81.4 Å². The molecule has 2 aliphatic rings. The number of halogens is 2. The minimum absolute atomic E-state index is 0. The fourth-order valence-corrected chi connectivity index (χ4v) is 4.87. The maximum absolute atomic E-state index is 13.1. The van der Waals surface area contributed by atoms with Crippen molar-refractivity contribution in [3.05, 3.63) is 69.1 Å². The molecule has 0 saturated carbocycles. The van der Waals surface area contributed by atoms with Gasteiger partial charge in [-0.25, -0.2) is 0 Å². The van der Waals surface area contributed by atoms with Crippen LogP contribution in [0.4, 0.5) is 0 Å². The molecule has 1 amide bonds. The van der Waals surface area contributed by atoms with Gasteiger partial charge in [0.1, 0.15) is 5.56 Å². The maximum Gasteiger partial charge on any atom is 0.263 e. The molecular formula is C25H36Cl2N4O2. The number of likely N-dealkylation sites (tertiary alicyclic amines) is 1. The molecule has 3 heterocycles. The van der Waals surface area contributed by atoms with E-state index in [1.165, 1.54) is 11.1 Å². The lowest BCUT2D eigenvalue weighted by Crippen LogP contribution is -2.39. The number of piperidine rings is 1. The van der Waals surface area contributed by atoms with Gasteiger partial charge < -0.3 is 15.2 Å². The highest BCUT2D eigenvalue weighted by atomic mass is 35.5. The number of nitrogens with one attached hydrogen (secondary N) is 2. The van der Waals surface area contributed by atoms with E-state index in [0.29, 0.717) is 18.0 Å². The summed E-state index contributed by atoms with van der Waals surface area (Å²) >= 11 is 0. The number of carbonyl (C=O) groups excluding carboxylic acids is 1. The molecule has 2 aromatic rings. The topological polar surface area (TPSA) is 66.4 Å². The second-order valence-electron chi connectivity index (χ2n) is 9.09. The van der Waals surface area contributed by atoms with Gasteiger partial charge in [0.2, 0.25) is 0 Å². The zero-order chi connectivity index (χ0) is 21.8. The molecule has 0 radical (unpaired) electrons. The summed E-state index contributed by atoms with van der Waals surface area (Å²) in [5.74, 6) is 0.187. The van der Waals surface area contributed by atoms with Gasteiger partial charge in [-0.15, -0.1) is 24.8 Å². The first-order valence-electron chi connectivity index (χ1n) is 11.5. The molecule has 6 nitrogen and oxygen atoms in total. The number of carbonyl (C=O) groups is 1. The first-order valence-corrected chi connectivity index (χ1v) is 11.5. The van der Waals surface area contributed by atoms with E-state index in [0.717, 1.165) is 57.5 Å². The van der Waals surface area contributed by atoms with Crippen LogP contribution >= 0.6 is 24.8 Å². The standard InChI is InChI=1S/C25H34N4O2.2ClH/c1-18-5-3-4-6-21(18)17-28-13-10-20(16-28)15-27-24(30)23-19(2)9-14-29(25(23)31)22-7-11-26-12-8-22;;/h3-6,9,14,20,22,26H,7-8,10-13,15-17H2,1-2H3,(H,27,30);2*1H. The van der Waals surface area contributed by atoms with Gasteiger partial charge in [0.25, 0.3) is 11.5 Å². The third kappa shape index (κ3) is 6.60. The number of nitrogens with zero attached hydrogens (tertiary/aromatic N) is 2. The van der Waals surface area contributed by atoms with E-state index in [1.807, 2.05) is 19.2 Å². The highest BCUT2D eigenvalue weighted by Crippen LogP contribution is 2.20. The third-order valence-electron chi connectivity index (χ3n) is 6.83. The summed E-state index contributed by atoms with van der Waals surface area (Å²) in [5.41, 5.74) is 3.59. The molecule has 2 aliphatic heterocycles. The smallest absolute Gasteiger partial charge is 0.263 e. The zero-order valence-electron chi connectivity index (χ0n) is 19.5. The zero-order valence-corrected chi connectivity index (χ0v) is 21.1. The summed E-state index contributed by atoms with van der Waals surface area (Å²) in [4.78, 5) is 28.5. The van der Waals surface area contributed by atoms with Crippen LogP contribution in [0.5, 0.6) is 0 Å². The number of amides is 1. The van der Waals surface area contributed by atoms with Crippen LogP contribution in [0.1, 0.15) is 52.4 Å². The molecule has 8 heteroatoms. The summed E-state index contributed by atoms with van der Waals surface area (Å²) in [6.07, 6.45) is 4.76. The Labute approximate surface area is 209 Å². The Morgan fingerprint density at radius 2 is 1.79 bits per heavy atom. The Balaban J connectivity index is 0.00000193. The Kier molecular flexibility index (Phi) is 10.4. The molecule has 0 aliphatic carbocycles. The Morgan fingerprint density at radius 3 is 2.52 bits per heavy atom. The van der Waals surface area contributed by atoms with Crippen molar-refractivity contribution in [2.24, 2.45) is 5.92 Å². The van der Waals surface area contributed by atoms with E-state index in [9.17, 15) is 9.59 Å². The molecule has 4 rings (SSSR count). The van der Waals surface area contributed by atoms with E-state index in [-0.39, 0.29) is 42.3 Å². The van der Waals surface area contributed by atoms with Gasteiger partial charge in [0.15, 0.2) is 0 Å². The van der Waals surface area contributed by atoms with Gasteiger partial charge in [-0.1, -0.05) is 24.3 Å². The number of hydrogen-bond donors (Lipinski definition) is 2. The molecule has 2 N–H and O–H groups in total. The average Bonchev–Trinajstić information content (AvgIpc) is 3.22. The highest BCUT2D eigenvalue weighted by Gasteiger charge is 2.25. The van der Waals surface area contributed by atoms with E-state index in [1.54, 1.807) is 4.57 Å². The van der Waals surface area contributed by atoms with Crippen LogP contribution in [-0.4, -0.2) is 48.1 Å². The van der Waals surface area contributed by atoms with Crippen LogP contribution in [0.3, 0.4) is 0 Å². The molecular weight excluding hydrogens is 459 g/mol. The van der Waals surface area contributed by atoms with Crippen LogP contribution in [0.2, 0.25) is 0 Å². The van der Waals surface area contributed by atoms with Crippen molar-refractivity contribution in [1.82, 2.24) is 20.1 Å². The third-order valence-corrected chi connectivity index (χ3v) is 6.83. The van der Waals surface area contributed by atoms with Crippen molar-refractivity contribution in [3.63, 3.8) is 0 Å². The van der Waals surface area contributed by atoms with Gasteiger partial charge in [0.05, 0.1) is 0 Å². The van der Waals surface area contributed by atoms with Crippen molar-refractivity contribution in [3.8, 4) is 0 Å². The molecule has 182 valence electrons. The first kappa shape index (κ1) is 27.4. The number of benzene rings is 1. The monoisotopic (exact) mass is 494 g/mol. The summed E-state index contributed by atoms with van der Waals surface area (Å²) in [5, 5.41) is 6.38. The molecule has 33 heavy (non-hydrogen) atoms. The number of hydrogen-bond acceptors (Lipinski definition) is 4. The van der Waals surface area contributed by atoms with Crippen LogP contribution in [0.15, 0.2) is 41.3 Å². The highest BCUT2D eigenvalue weighted by molar-refractivity contribution is 5.95. The minimum atomic E-state index is -0.233. The van der Waals surface area contributed by atoms with Crippen molar-refractivity contribution < 1.29 is 4.79 Å². The van der Waals surface area contributed by atoms with Gasteiger partial charge in [-0.2, -0.15) is 0 Å². The number of aromatic nitrogens is 1. The van der Waals surface area contributed by atoms with Gasteiger partial charge in [0, 0.05) is 31.9 Å². The van der Waals surface area contributed by atoms with Crippen molar-refractivity contribution in [2.75, 3.05) is 32.7 Å². The van der Waals surface area contributed by atoms with Crippen molar-refractivity contribution >= 4 is 30.7 Å². The molecule has 1 unspecified atom stereocenters. The lowest BCUT2D eigenvalue weighted by Gasteiger charge is -2.25. The maximum atomic E-state index is 13.1. The van der Waals surface area contributed by atoms with Crippen molar-refractivity contribution in [2.45, 2.75) is 45.7 Å². The molecule has 0 bridgehead atoms. The lowest BCUT2D eigenvalue weighted by atomic mass is 10.0. The fraction of sp³-hybridized carbons (Fsp3) is 0.520. The number of rotatable bonds is 6. The molecule has 1 aromatic heterocycles. The summed E-state index contributed by atoms with van der Waals surface area (Å²) in [6.45, 7) is 9.41. The van der Waals surface area contributed by atoms with Gasteiger partial charge in [-0.3, -0.25) is 14.5 Å². The Bertz CT molecular complexity index is 989. The normalized spacial score (nSPS) is 18.9. The summed E-state index contributed by atoms with van der Waals surface area (Å²) < 4.78 is 1.77. The van der Waals surface area contributed by atoms with E-state index >= 15 is 0 Å². The molecule has 2 fully saturated rings. The molecule has 0 spiro atoms. The van der Waals surface area contributed by atoms with Crippen LogP contribution < -0.4 is 16.2 Å². The minimum Gasteiger partial charge on any atom is -0.352 e. The molecule has 1 aromatic carbocycles. The van der Waals surface area contributed by atoms with Crippen LogP contribution in [0.25, 0.3) is 0 Å². The van der Waals surface area contributed by atoms with E-state index in [2.05, 4.69) is 46.7 Å². The van der Waals surface area contributed by atoms with E-state index < -0.39 is 0 Å². The fourth-order valence-electron chi connectivity index (χ4n) is 4.87. The Hall–Kier alpha value is -1.86. The second kappa shape index (κ2) is 12.6. The predicted octanol–water partition coefficient (Wildman–Crippen LogP) is 3.49. The van der Waals surface area contributed by atoms with Crippen LogP contribution in [-0.2, 0) is 6.54 Å². The van der Waals surface area contributed by atoms with Crippen LogP contribution in [0, 0.1) is 19.8 Å². The number of aryl methyl sites for hydroxylation is 2.